The van der Waals surface area contributed by atoms with Crippen molar-refractivity contribution in [2.45, 2.75) is 31.8 Å². The van der Waals surface area contributed by atoms with Gasteiger partial charge in [-0.25, -0.2) is 0 Å². The highest BCUT2D eigenvalue weighted by atomic mass is 35.5. The third kappa shape index (κ3) is 2.02. The van der Waals surface area contributed by atoms with Gasteiger partial charge in [0.2, 0.25) is 0 Å². The van der Waals surface area contributed by atoms with E-state index >= 15 is 0 Å². The molecular formula is C13H15ClN4. The Labute approximate surface area is 111 Å². The van der Waals surface area contributed by atoms with Gasteiger partial charge < -0.3 is 5.73 Å². The number of nitrogens with two attached hydrogens (primary N) is 1. The molecule has 2 heterocycles. The minimum absolute atomic E-state index is 0.00115. The largest absolute Gasteiger partial charge is 0.311 e. The maximum absolute atomic E-state index is 6.17. The van der Waals surface area contributed by atoms with Crippen LogP contribution in [-0.2, 0) is 12.8 Å². The smallest absolute Gasteiger partial charge is 0.138 e. The molecule has 0 spiro atoms. The summed E-state index contributed by atoms with van der Waals surface area (Å²) in [6, 6.07) is 7.81. The summed E-state index contributed by atoms with van der Waals surface area (Å²) in [6.45, 7) is 0. The van der Waals surface area contributed by atoms with E-state index in [2.05, 4.69) is 14.8 Å². The molecule has 1 aromatic heterocycles. The zero-order valence-electron chi connectivity index (χ0n) is 10.0. The lowest BCUT2D eigenvalue weighted by molar-refractivity contribution is 0.399. The summed E-state index contributed by atoms with van der Waals surface area (Å²) in [5, 5.41) is 9.24. The molecule has 5 heteroatoms. The zero-order chi connectivity index (χ0) is 12.5. The molecule has 1 atom stereocenters. The van der Waals surface area contributed by atoms with Crippen LogP contribution in [0.3, 0.4) is 0 Å². The van der Waals surface area contributed by atoms with Gasteiger partial charge >= 0.3 is 0 Å². The Morgan fingerprint density at radius 1 is 1.33 bits per heavy atom. The average Bonchev–Trinajstić information content (AvgIpc) is 2.77. The summed E-state index contributed by atoms with van der Waals surface area (Å²) >= 11 is 6.17. The van der Waals surface area contributed by atoms with Gasteiger partial charge in [0, 0.05) is 17.9 Å². The first kappa shape index (κ1) is 11.7. The number of halogens is 1. The summed E-state index contributed by atoms with van der Waals surface area (Å²) in [6.07, 6.45) is 3.72. The normalized spacial score (nSPS) is 18.7. The van der Waals surface area contributed by atoms with Gasteiger partial charge in [-0.15, -0.1) is 10.2 Å². The Bertz CT molecular complexity index is 564. The van der Waals surface area contributed by atoms with E-state index in [1.165, 1.54) is 0 Å². The molecule has 94 valence electrons. The molecular weight excluding hydrogens is 248 g/mol. The van der Waals surface area contributed by atoms with Crippen LogP contribution in [0.2, 0.25) is 5.02 Å². The molecule has 1 aromatic carbocycles. The van der Waals surface area contributed by atoms with Crippen LogP contribution in [0, 0.1) is 0 Å². The molecule has 1 aliphatic rings. The van der Waals surface area contributed by atoms with Crippen molar-refractivity contribution in [2.75, 3.05) is 0 Å². The van der Waals surface area contributed by atoms with E-state index in [1.807, 2.05) is 24.3 Å². The van der Waals surface area contributed by atoms with Gasteiger partial charge in [0.15, 0.2) is 0 Å². The second-order valence-corrected chi connectivity index (χ2v) is 5.04. The molecule has 2 N–H and O–H groups in total. The third-order valence-electron chi connectivity index (χ3n) is 3.38. The first-order chi connectivity index (χ1) is 8.75. The van der Waals surface area contributed by atoms with Crippen LogP contribution in [0.1, 0.15) is 36.2 Å². The molecule has 1 unspecified atom stereocenters. The maximum Gasteiger partial charge on any atom is 0.138 e. The van der Waals surface area contributed by atoms with E-state index in [1.54, 1.807) is 0 Å². The fraction of sp³-hybridized carbons (Fsp3) is 0.385. The SMILES string of the molecule is NC1CCCc2nnc(Cc3ccccc3Cl)n21. The predicted octanol–water partition coefficient (Wildman–Crippen LogP) is 2.32. The Morgan fingerprint density at radius 3 is 3.00 bits per heavy atom. The minimum Gasteiger partial charge on any atom is -0.311 e. The summed E-state index contributed by atoms with van der Waals surface area (Å²) in [7, 11) is 0. The van der Waals surface area contributed by atoms with Crippen LogP contribution < -0.4 is 5.73 Å². The molecule has 0 saturated heterocycles. The Balaban J connectivity index is 1.95. The van der Waals surface area contributed by atoms with Crippen molar-refractivity contribution < 1.29 is 0 Å². The molecule has 0 saturated carbocycles. The van der Waals surface area contributed by atoms with Gasteiger partial charge in [-0.05, 0) is 24.5 Å². The van der Waals surface area contributed by atoms with E-state index in [0.29, 0.717) is 6.42 Å². The summed E-state index contributed by atoms with van der Waals surface area (Å²) in [4.78, 5) is 0. The van der Waals surface area contributed by atoms with Crippen molar-refractivity contribution in [3.05, 3.63) is 46.5 Å². The van der Waals surface area contributed by atoms with Gasteiger partial charge in [-0.2, -0.15) is 0 Å². The quantitative estimate of drug-likeness (QED) is 0.904. The first-order valence-electron chi connectivity index (χ1n) is 6.17. The van der Waals surface area contributed by atoms with E-state index < -0.39 is 0 Å². The van der Waals surface area contributed by atoms with Crippen LogP contribution in [0.25, 0.3) is 0 Å². The van der Waals surface area contributed by atoms with Crippen molar-refractivity contribution >= 4 is 11.6 Å². The highest BCUT2D eigenvalue weighted by molar-refractivity contribution is 6.31. The standard InChI is InChI=1S/C13H15ClN4/c14-10-5-2-1-4-9(10)8-13-17-16-12-7-3-6-11(15)18(12)13/h1-2,4-5,11H,3,6-8,15H2. The van der Waals surface area contributed by atoms with Crippen molar-refractivity contribution in [3.8, 4) is 0 Å². The topological polar surface area (TPSA) is 56.7 Å². The molecule has 1 aliphatic heterocycles. The number of fused-ring (bicyclic) bond motifs is 1. The highest BCUT2D eigenvalue weighted by Crippen LogP contribution is 2.24. The highest BCUT2D eigenvalue weighted by Gasteiger charge is 2.22. The van der Waals surface area contributed by atoms with Crippen molar-refractivity contribution in [1.82, 2.24) is 14.8 Å². The van der Waals surface area contributed by atoms with Crippen molar-refractivity contribution in [1.29, 1.82) is 0 Å². The average molecular weight is 263 g/mol. The summed E-state index contributed by atoms with van der Waals surface area (Å²) in [5.74, 6) is 1.90. The summed E-state index contributed by atoms with van der Waals surface area (Å²) < 4.78 is 2.06. The zero-order valence-corrected chi connectivity index (χ0v) is 10.8. The molecule has 2 aromatic rings. The fourth-order valence-electron chi connectivity index (χ4n) is 2.45. The predicted molar refractivity (Wildman–Crippen MR) is 70.4 cm³/mol. The summed E-state index contributed by atoms with van der Waals surface area (Å²) in [5.41, 5.74) is 7.20. The van der Waals surface area contributed by atoms with Crippen LogP contribution in [0.5, 0.6) is 0 Å². The molecule has 4 nitrogen and oxygen atoms in total. The molecule has 0 aliphatic carbocycles. The Morgan fingerprint density at radius 2 is 2.17 bits per heavy atom. The van der Waals surface area contributed by atoms with Crippen molar-refractivity contribution in [3.63, 3.8) is 0 Å². The second kappa shape index (κ2) is 4.71. The van der Waals surface area contributed by atoms with Gasteiger partial charge in [0.25, 0.3) is 0 Å². The maximum atomic E-state index is 6.17. The second-order valence-electron chi connectivity index (χ2n) is 4.63. The monoisotopic (exact) mass is 262 g/mol. The molecule has 3 rings (SSSR count). The van der Waals surface area contributed by atoms with Gasteiger partial charge in [-0.1, -0.05) is 29.8 Å². The van der Waals surface area contributed by atoms with E-state index in [-0.39, 0.29) is 6.17 Å². The van der Waals surface area contributed by atoms with E-state index in [9.17, 15) is 0 Å². The molecule has 18 heavy (non-hydrogen) atoms. The first-order valence-corrected chi connectivity index (χ1v) is 6.55. The number of rotatable bonds is 2. The molecule has 0 radical (unpaired) electrons. The van der Waals surface area contributed by atoms with Crippen LogP contribution in [0.4, 0.5) is 0 Å². The number of aryl methyl sites for hydroxylation is 1. The number of hydrogen-bond acceptors (Lipinski definition) is 3. The Kier molecular flexibility index (Phi) is 3.06. The van der Waals surface area contributed by atoms with Gasteiger partial charge in [0.1, 0.15) is 11.6 Å². The van der Waals surface area contributed by atoms with Crippen LogP contribution in [0.15, 0.2) is 24.3 Å². The van der Waals surface area contributed by atoms with Gasteiger partial charge in [-0.3, -0.25) is 4.57 Å². The number of hydrogen-bond donors (Lipinski definition) is 1. The lowest BCUT2D eigenvalue weighted by Crippen LogP contribution is -2.26. The van der Waals surface area contributed by atoms with E-state index in [0.717, 1.165) is 41.5 Å². The number of aromatic nitrogens is 3. The van der Waals surface area contributed by atoms with Crippen LogP contribution >= 0.6 is 11.6 Å². The third-order valence-corrected chi connectivity index (χ3v) is 3.74. The minimum atomic E-state index is 0.00115. The number of benzene rings is 1. The lowest BCUT2D eigenvalue weighted by atomic mass is 10.1. The fourth-order valence-corrected chi connectivity index (χ4v) is 2.65. The number of nitrogens with zero attached hydrogens (tertiary/aromatic N) is 3. The molecule has 0 bridgehead atoms. The molecule has 0 amide bonds. The lowest BCUT2D eigenvalue weighted by Gasteiger charge is -2.22. The van der Waals surface area contributed by atoms with E-state index in [4.69, 9.17) is 17.3 Å². The molecule has 0 fully saturated rings. The van der Waals surface area contributed by atoms with Gasteiger partial charge in [0.05, 0.1) is 6.17 Å². The Hall–Kier alpha value is -1.39. The van der Waals surface area contributed by atoms with Crippen LogP contribution in [-0.4, -0.2) is 14.8 Å². The van der Waals surface area contributed by atoms with Crippen molar-refractivity contribution in [2.24, 2.45) is 5.73 Å².